The number of carbonyl (C=O) groups is 2. The maximum absolute atomic E-state index is 13.3. The zero-order chi connectivity index (χ0) is 22.1. The molecule has 8 heteroatoms. The van der Waals surface area contributed by atoms with Gasteiger partial charge in [0, 0.05) is 35.2 Å². The molecule has 0 radical (unpaired) electrons. The van der Waals surface area contributed by atoms with E-state index in [0.29, 0.717) is 34.4 Å². The van der Waals surface area contributed by atoms with E-state index >= 15 is 0 Å². The fourth-order valence-electron chi connectivity index (χ4n) is 3.35. The molecule has 0 aliphatic carbocycles. The predicted molar refractivity (Wildman–Crippen MR) is 118 cm³/mol. The number of rotatable bonds is 4. The van der Waals surface area contributed by atoms with Gasteiger partial charge in [0.05, 0.1) is 0 Å². The molecule has 2 aromatic rings. The van der Waals surface area contributed by atoms with E-state index in [0.717, 1.165) is 11.1 Å². The standard InChI is InChI=1S/C22H25Cl2N3O3/c1-22(2,3)30-21(29)26-19(9-13-4-6-16(23)10-18(13)24)20(28)27-11-14-5-7-17(25)8-15(14)12-27/h4-8,10,19H,9,11-12,25H2,1-3H3,(H,26,29). The Morgan fingerprint density at radius 2 is 1.83 bits per heavy atom. The van der Waals surface area contributed by atoms with Crippen molar-refractivity contribution in [2.24, 2.45) is 0 Å². The van der Waals surface area contributed by atoms with Gasteiger partial charge in [-0.05, 0) is 61.7 Å². The van der Waals surface area contributed by atoms with Gasteiger partial charge in [0.25, 0.3) is 0 Å². The fourth-order valence-corrected chi connectivity index (χ4v) is 3.83. The number of amides is 2. The molecule has 0 saturated carbocycles. The molecule has 1 heterocycles. The van der Waals surface area contributed by atoms with Gasteiger partial charge in [0.15, 0.2) is 0 Å². The second kappa shape index (κ2) is 8.74. The Labute approximate surface area is 186 Å². The summed E-state index contributed by atoms with van der Waals surface area (Å²) in [5.41, 5.74) is 8.58. The van der Waals surface area contributed by atoms with Gasteiger partial charge in [-0.15, -0.1) is 0 Å². The molecule has 30 heavy (non-hydrogen) atoms. The third-order valence-corrected chi connectivity index (χ3v) is 5.28. The van der Waals surface area contributed by atoms with E-state index in [1.54, 1.807) is 43.9 Å². The first-order valence-electron chi connectivity index (χ1n) is 9.61. The van der Waals surface area contributed by atoms with Crippen molar-refractivity contribution in [2.75, 3.05) is 5.73 Å². The quantitative estimate of drug-likeness (QED) is 0.670. The highest BCUT2D eigenvalue weighted by molar-refractivity contribution is 6.35. The number of benzene rings is 2. The van der Waals surface area contributed by atoms with Gasteiger partial charge >= 0.3 is 6.09 Å². The average Bonchev–Trinajstić information content (AvgIpc) is 3.04. The summed E-state index contributed by atoms with van der Waals surface area (Å²) in [6, 6.07) is 9.83. The Balaban J connectivity index is 1.81. The highest BCUT2D eigenvalue weighted by atomic mass is 35.5. The van der Waals surface area contributed by atoms with Crippen molar-refractivity contribution in [1.82, 2.24) is 10.2 Å². The van der Waals surface area contributed by atoms with Gasteiger partial charge in [0.2, 0.25) is 5.91 Å². The van der Waals surface area contributed by atoms with Crippen molar-refractivity contribution in [3.8, 4) is 0 Å². The minimum atomic E-state index is -0.842. The number of hydrogen-bond acceptors (Lipinski definition) is 4. The number of anilines is 1. The molecule has 3 rings (SSSR count). The van der Waals surface area contributed by atoms with Crippen molar-refractivity contribution in [3.63, 3.8) is 0 Å². The van der Waals surface area contributed by atoms with Crippen LogP contribution in [0.2, 0.25) is 10.0 Å². The van der Waals surface area contributed by atoms with E-state index in [1.165, 1.54) is 0 Å². The molecule has 0 spiro atoms. The van der Waals surface area contributed by atoms with Crippen LogP contribution in [0.3, 0.4) is 0 Å². The molecule has 1 aliphatic heterocycles. The smallest absolute Gasteiger partial charge is 0.408 e. The lowest BCUT2D eigenvalue weighted by atomic mass is 10.0. The Bertz CT molecular complexity index is 973. The minimum Gasteiger partial charge on any atom is -0.444 e. The molecule has 6 nitrogen and oxygen atoms in total. The normalized spacial score (nSPS) is 14.2. The Hall–Kier alpha value is -2.44. The zero-order valence-electron chi connectivity index (χ0n) is 17.2. The number of carbonyl (C=O) groups excluding carboxylic acids is 2. The van der Waals surface area contributed by atoms with Crippen LogP contribution in [-0.2, 0) is 29.0 Å². The first-order chi connectivity index (χ1) is 14.0. The first kappa shape index (κ1) is 22.2. The molecular weight excluding hydrogens is 425 g/mol. The second-order valence-corrected chi connectivity index (χ2v) is 9.20. The highest BCUT2D eigenvalue weighted by Gasteiger charge is 2.32. The summed E-state index contributed by atoms with van der Waals surface area (Å²) in [5.74, 6) is -0.221. The third kappa shape index (κ3) is 5.58. The number of nitrogen functional groups attached to an aromatic ring is 1. The molecule has 1 unspecified atom stereocenters. The summed E-state index contributed by atoms with van der Waals surface area (Å²) in [7, 11) is 0. The van der Waals surface area contributed by atoms with Crippen LogP contribution in [0.1, 0.15) is 37.5 Å². The summed E-state index contributed by atoms with van der Waals surface area (Å²) in [6.45, 7) is 6.18. The number of hydrogen-bond donors (Lipinski definition) is 2. The van der Waals surface area contributed by atoms with Crippen LogP contribution in [0, 0.1) is 0 Å². The molecule has 0 saturated heterocycles. The van der Waals surface area contributed by atoms with E-state index < -0.39 is 17.7 Å². The lowest BCUT2D eigenvalue weighted by Gasteiger charge is -2.26. The maximum Gasteiger partial charge on any atom is 0.408 e. The molecule has 160 valence electrons. The van der Waals surface area contributed by atoms with Crippen LogP contribution in [0.15, 0.2) is 36.4 Å². The number of alkyl carbamates (subject to hydrolysis) is 1. The van der Waals surface area contributed by atoms with E-state index in [2.05, 4.69) is 5.32 Å². The van der Waals surface area contributed by atoms with Crippen LogP contribution in [0.4, 0.5) is 10.5 Å². The monoisotopic (exact) mass is 449 g/mol. The van der Waals surface area contributed by atoms with Crippen molar-refractivity contribution in [1.29, 1.82) is 0 Å². The lowest BCUT2D eigenvalue weighted by molar-refractivity contribution is -0.134. The summed E-state index contributed by atoms with van der Waals surface area (Å²) in [5, 5.41) is 3.64. The summed E-state index contributed by atoms with van der Waals surface area (Å²) in [4.78, 5) is 27.4. The van der Waals surface area contributed by atoms with E-state index in [1.807, 2.05) is 18.2 Å². The number of nitrogens with zero attached hydrogens (tertiary/aromatic N) is 1. The summed E-state index contributed by atoms with van der Waals surface area (Å²) in [6.07, 6.45) is -0.449. The molecule has 0 bridgehead atoms. The molecule has 1 atom stereocenters. The van der Waals surface area contributed by atoms with Crippen molar-refractivity contribution in [2.45, 2.75) is 51.9 Å². The van der Waals surface area contributed by atoms with Gasteiger partial charge in [0.1, 0.15) is 11.6 Å². The SMILES string of the molecule is CC(C)(C)OC(=O)NC(Cc1ccc(Cl)cc1Cl)C(=O)N1Cc2ccc(N)cc2C1. The van der Waals surface area contributed by atoms with Crippen LogP contribution < -0.4 is 11.1 Å². The molecule has 2 aromatic carbocycles. The molecule has 3 N–H and O–H groups in total. The average molecular weight is 450 g/mol. The molecule has 0 fully saturated rings. The number of ether oxygens (including phenoxy) is 1. The first-order valence-corrected chi connectivity index (χ1v) is 10.4. The zero-order valence-corrected chi connectivity index (χ0v) is 18.7. The van der Waals surface area contributed by atoms with E-state index in [4.69, 9.17) is 33.7 Å². The summed E-state index contributed by atoms with van der Waals surface area (Å²) >= 11 is 12.3. The Morgan fingerprint density at radius 3 is 2.50 bits per heavy atom. The van der Waals surface area contributed by atoms with Crippen LogP contribution in [0.5, 0.6) is 0 Å². The van der Waals surface area contributed by atoms with Crippen molar-refractivity contribution >= 4 is 40.9 Å². The van der Waals surface area contributed by atoms with Gasteiger partial charge in [-0.3, -0.25) is 4.79 Å². The van der Waals surface area contributed by atoms with Crippen LogP contribution in [-0.4, -0.2) is 28.5 Å². The molecule has 1 aliphatic rings. The summed E-state index contributed by atoms with van der Waals surface area (Å²) < 4.78 is 5.35. The highest BCUT2D eigenvalue weighted by Crippen LogP contribution is 2.27. The van der Waals surface area contributed by atoms with Gasteiger partial charge < -0.3 is 20.7 Å². The predicted octanol–water partition coefficient (Wildman–Crippen LogP) is 4.55. The third-order valence-electron chi connectivity index (χ3n) is 4.69. The van der Waals surface area contributed by atoms with Crippen molar-refractivity contribution < 1.29 is 14.3 Å². The minimum absolute atomic E-state index is 0.211. The Kier molecular flexibility index (Phi) is 6.48. The van der Waals surface area contributed by atoms with Gasteiger partial charge in [-0.25, -0.2) is 4.79 Å². The molecular formula is C22H25Cl2N3O3. The van der Waals surface area contributed by atoms with E-state index in [9.17, 15) is 9.59 Å². The molecule has 2 amide bonds. The van der Waals surface area contributed by atoms with Gasteiger partial charge in [-0.2, -0.15) is 0 Å². The number of halogens is 2. The van der Waals surface area contributed by atoms with Crippen LogP contribution >= 0.6 is 23.2 Å². The van der Waals surface area contributed by atoms with Crippen molar-refractivity contribution in [3.05, 3.63) is 63.1 Å². The van der Waals surface area contributed by atoms with Gasteiger partial charge in [-0.1, -0.05) is 35.3 Å². The topological polar surface area (TPSA) is 84.7 Å². The Morgan fingerprint density at radius 1 is 1.13 bits per heavy atom. The lowest BCUT2D eigenvalue weighted by Crippen LogP contribution is -2.49. The molecule has 0 aromatic heterocycles. The number of fused-ring (bicyclic) bond motifs is 1. The number of nitrogens with one attached hydrogen (secondary N) is 1. The number of nitrogens with two attached hydrogens (primary N) is 1. The largest absolute Gasteiger partial charge is 0.444 e. The fraction of sp³-hybridized carbons (Fsp3) is 0.364. The maximum atomic E-state index is 13.3. The second-order valence-electron chi connectivity index (χ2n) is 8.36. The van der Waals surface area contributed by atoms with E-state index in [-0.39, 0.29) is 12.3 Å². The van der Waals surface area contributed by atoms with Crippen LogP contribution in [0.25, 0.3) is 0 Å².